The van der Waals surface area contributed by atoms with Gasteiger partial charge in [0, 0.05) is 35.8 Å². The van der Waals surface area contributed by atoms with E-state index in [9.17, 15) is 24.3 Å². The van der Waals surface area contributed by atoms with Crippen molar-refractivity contribution in [2.45, 2.75) is 32.9 Å². The highest BCUT2D eigenvalue weighted by Crippen LogP contribution is 2.29. The standard InChI is InChI=1S/C27H26ClN3O5S/c1-15-12-18-14-31(26(34)17-5-7-19(28)8-6-17)10-9-20(18)16(2)23(15)25(33)30-21(27(35)36)13-29-24(32)22-4-3-11-37-22/h3-8,11-12,21H,9-10,13-14H2,1-2H3,(H,29,32)(H,30,33)(H,35,36)/t21-/m0/s1. The number of amides is 3. The Kier molecular flexibility index (Phi) is 7.94. The largest absolute Gasteiger partial charge is 0.480 e. The third kappa shape index (κ3) is 5.84. The van der Waals surface area contributed by atoms with E-state index in [1.807, 2.05) is 13.0 Å². The molecule has 1 atom stereocenters. The number of carboxylic acid groups (broad SMARTS) is 1. The highest BCUT2D eigenvalue weighted by Gasteiger charge is 2.28. The number of carboxylic acids is 1. The van der Waals surface area contributed by atoms with Gasteiger partial charge >= 0.3 is 5.97 Å². The van der Waals surface area contributed by atoms with Gasteiger partial charge in [-0.2, -0.15) is 0 Å². The van der Waals surface area contributed by atoms with Crippen molar-refractivity contribution in [1.82, 2.24) is 15.5 Å². The van der Waals surface area contributed by atoms with Crippen LogP contribution < -0.4 is 10.6 Å². The molecule has 3 aromatic rings. The molecular weight excluding hydrogens is 514 g/mol. The summed E-state index contributed by atoms with van der Waals surface area (Å²) in [6, 6.07) is 10.7. The summed E-state index contributed by atoms with van der Waals surface area (Å²) < 4.78 is 0. The third-order valence-electron chi connectivity index (χ3n) is 6.41. The van der Waals surface area contributed by atoms with Crippen molar-refractivity contribution in [2.24, 2.45) is 0 Å². The van der Waals surface area contributed by atoms with Crippen molar-refractivity contribution in [2.75, 3.05) is 13.1 Å². The lowest BCUT2D eigenvalue weighted by Gasteiger charge is -2.31. The molecular formula is C27H26ClN3O5S. The van der Waals surface area contributed by atoms with Gasteiger partial charge in [-0.15, -0.1) is 11.3 Å². The second-order valence-electron chi connectivity index (χ2n) is 8.87. The van der Waals surface area contributed by atoms with Crippen molar-refractivity contribution >= 4 is 46.6 Å². The van der Waals surface area contributed by atoms with Gasteiger partial charge in [0.05, 0.1) is 4.88 Å². The minimum atomic E-state index is -1.29. The Morgan fingerprint density at radius 2 is 1.84 bits per heavy atom. The normalized spacial score (nSPS) is 13.4. The molecule has 0 saturated carbocycles. The number of carbonyl (C=O) groups excluding carboxylic acids is 3. The summed E-state index contributed by atoms with van der Waals surface area (Å²) in [5, 5.41) is 17.1. The van der Waals surface area contributed by atoms with Crippen molar-refractivity contribution in [3.05, 3.63) is 91.1 Å². The van der Waals surface area contributed by atoms with Crippen molar-refractivity contribution in [3.63, 3.8) is 0 Å². The van der Waals surface area contributed by atoms with Gasteiger partial charge in [0.15, 0.2) is 0 Å². The molecule has 0 aliphatic carbocycles. The number of nitrogens with one attached hydrogen (secondary N) is 2. The molecule has 0 fully saturated rings. The van der Waals surface area contributed by atoms with Gasteiger partial charge in [-0.25, -0.2) is 4.79 Å². The zero-order valence-electron chi connectivity index (χ0n) is 20.3. The first-order valence-corrected chi connectivity index (χ1v) is 12.9. The van der Waals surface area contributed by atoms with E-state index in [0.29, 0.717) is 46.1 Å². The Hall–Kier alpha value is -3.69. The molecule has 192 valence electrons. The van der Waals surface area contributed by atoms with E-state index in [-0.39, 0.29) is 12.5 Å². The molecule has 0 bridgehead atoms. The molecule has 1 aromatic heterocycles. The molecule has 37 heavy (non-hydrogen) atoms. The summed E-state index contributed by atoms with van der Waals surface area (Å²) in [7, 11) is 0. The molecule has 0 spiro atoms. The minimum Gasteiger partial charge on any atom is -0.480 e. The number of benzene rings is 2. The maximum absolute atomic E-state index is 13.2. The van der Waals surface area contributed by atoms with E-state index in [0.717, 1.165) is 16.7 Å². The lowest BCUT2D eigenvalue weighted by Crippen LogP contribution is -2.48. The van der Waals surface area contributed by atoms with Gasteiger partial charge in [-0.1, -0.05) is 23.7 Å². The molecule has 0 unspecified atom stereocenters. The van der Waals surface area contributed by atoms with Crippen molar-refractivity contribution in [1.29, 1.82) is 0 Å². The average Bonchev–Trinajstić information content (AvgIpc) is 3.41. The lowest BCUT2D eigenvalue weighted by molar-refractivity contribution is -0.139. The molecule has 10 heteroatoms. The number of hydrogen-bond donors (Lipinski definition) is 3. The minimum absolute atomic E-state index is 0.0895. The fraction of sp³-hybridized carbons (Fsp3) is 0.259. The fourth-order valence-corrected chi connectivity index (χ4v) is 5.31. The van der Waals surface area contributed by atoms with Crippen LogP contribution in [0.15, 0.2) is 47.8 Å². The summed E-state index contributed by atoms with van der Waals surface area (Å²) in [5.41, 5.74) is 4.35. The molecule has 8 nitrogen and oxygen atoms in total. The first-order valence-electron chi connectivity index (χ1n) is 11.7. The second-order valence-corrected chi connectivity index (χ2v) is 10.3. The van der Waals surface area contributed by atoms with Crippen LogP contribution in [0.1, 0.15) is 52.6 Å². The number of carbonyl (C=O) groups is 4. The molecule has 0 saturated heterocycles. The van der Waals surface area contributed by atoms with E-state index in [1.165, 1.54) is 11.3 Å². The van der Waals surface area contributed by atoms with Crippen molar-refractivity contribution < 1.29 is 24.3 Å². The summed E-state index contributed by atoms with van der Waals surface area (Å²) in [6.45, 7) is 4.28. The Morgan fingerprint density at radius 1 is 1.11 bits per heavy atom. The molecule has 1 aliphatic rings. The number of aliphatic carboxylic acids is 1. The van der Waals surface area contributed by atoms with Gasteiger partial charge in [0.25, 0.3) is 17.7 Å². The van der Waals surface area contributed by atoms with Crippen LogP contribution in [0.5, 0.6) is 0 Å². The molecule has 2 heterocycles. The smallest absolute Gasteiger partial charge is 0.328 e. The first kappa shape index (κ1) is 26.4. The highest BCUT2D eigenvalue weighted by molar-refractivity contribution is 7.12. The highest BCUT2D eigenvalue weighted by atomic mass is 35.5. The van der Waals surface area contributed by atoms with Crippen LogP contribution in [0, 0.1) is 13.8 Å². The monoisotopic (exact) mass is 539 g/mol. The molecule has 3 amide bonds. The van der Waals surface area contributed by atoms with E-state index in [2.05, 4.69) is 10.6 Å². The number of halogens is 1. The number of hydrogen-bond acceptors (Lipinski definition) is 5. The predicted molar refractivity (Wildman–Crippen MR) is 141 cm³/mol. The fourth-order valence-electron chi connectivity index (χ4n) is 4.55. The first-order chi connectivity index (χ1) is 17.7. The average molecular weight is 540 g/mol. The van der Waals surface area contributed by atoms with Crippen LogP contribution in [0.25, 0.3) is 0 Å². The Morgan fingerprint density at radius 3 is 2.49 bits per heavy atom. The quantitative estimate of drug-likeness (QED) is 0.422. The Balaban J connectivity index is 1.48. The summed E-state index contributed by atoms with van der Waals surface area (Å²) >= 11 is 7.18. The number of rotatable bonds is 7. The maximum atomic E-state index is 13.2. The number of fused-ring (bicyclic) bond motifs is 1. The SMILES string of the molecule is Cc1cc2c(c(C)c1C(=O)N[C@@H](CNC(=O)c1cccs1)C(=O)O)CCN(C(=O)c1ccc(Cl)cc1)C2. The van der Waals surface area contributed by atoms with Crippen LogP contribution in [-0.4, -0.2) is 52.8 Å². The van der Waals surface area contributed by atoms with Gasteiger partial charge in [0.2, 0.25) is 0 Å². The molecule has 3 N–H and O–H groups in total. The zero-order valence-corrected chi connectivity index (χ0v) is 21.9. The van der Waals surface area contributed by atoms with Crippen LogP contribution in [0.4, 0.5) is 0 Å². The zero-order chi connectivity index (χ0) is 26.7. The number of thiophene rings is 1. The maximum Gasteiger partial charge on any atom is 0.328 e. The second kappa shape index (κ2) is 11.1. The van der Waals surface area contributed by atoms with Gasteiger partial charge in [-0.05, 0) is 78.2 Å². The van der Waals surface area contributed by atoms with Crippen LogP contribution in [0.3, 0.4) is 0 Å². The Bertz CT molecular complexity index is 1360. The molecule has 0 radical (unpaired) electrons. The van der Waals surface area contributed by atoms with E-state index in [4.69, 9.17) is 11.6 Å². The van der Waals surface area contributed by atoms with Crippen LogP contribution in [-0.2, 0) is 17.8 Å². The topological polar surface area (TPSA) is 116 Å². The van der Waals surface area contributed by atoms with Gasteiger partial charge in [-0.3, -0.25) is 14.4 Å². The molecule has 4 rings (SSSR count). The summed E-state index contributed by atoms with van der Waals surface area (Å²) in [5.74, 6) is -2.25. The summed E-state index contributed by atoms with van der Waals surface area (Å²) in [6.07, 6.45) is 0.570. The lowest BCUT2D eigenvalue weighted by atomic mass is 9.88. The van der Waals surface area contributed by atoms with Crippen molar-refractivity contribution in [3.8, 4) is 0 Å². The van der Waals surface area contributed by atoms with Gasteiger partial charge < -0.3 is 20.6 Å². The third-order valence-corrected chi connectivity index (χ3v) is 7.53. The number of nitrogens with zero attached hydrogens (tertiary/aromatic N) is 1. The van der Waals surface area contributed by atoms with Crippen LogP contribution in [0.2, 0.25) is 5.02 Å². The molecule has 2 aromatic carbocycles. The molecule has 1 aliphatic heterocycles. The van der Waals surface area contributed by atoms with Gasteiger partial charge in [0.1, 0.15) is 6.04 Å². The predicted octanol–water partition coefficient (Wildman–Crippen LogP) is 3.83. The van der Waals surface area contributed by atoms with E-state index in [1.54, 1.807) is 53.6 Å². The summed E-state index contributed by atoms with van der Waals surface area (Å²) in [4.78, 5) is 52.4. The van der Waals surface area contributed by atoms with Crippen LogP contribution >= 0.6 is 22.9 Å². The number of aryl methyl sites for hydroxylation is 1. The van der Waals surface area contributed by atoms with E-state index < -0.39 is 23.8 Å². The van der Waals surface area contributed by atoms with E-state index >= 15 is 0 Å². The Labute approximate surface area is 223 Å².